The van der Waals surface area contributed by atoms with E-state index in [1.807, 2.05) is 6.92 Å². The number of nitrogens with zero attached hydrogens (tertiary/aromatic N) is 3. The average molecular weight is 582 g/mol. The van der Waals surface area contributed by atoms with Crippen molar-refractivity contribution in [2.75, 3.05) is 18.6 Å². The van der Waals surface area contributed by atoms with Crippen molar-refractivity contribution in [3.63, 3.8) is 0 Å². The lowest BCUT2D eigenvalue weighted by Gasteiger charge is -2.24. The van der Waals surface area contributed by atoms with Gasteiger partial charge in [0, 0.05) is 5.75 Å². The molecule has 1 aliphatic heterocycles. The Morgan fingerprint density at radius 2 is 1.98 bits per heavy atom. The van der Waals surface area contributed by atoms with Crippen LogP contribution in [0.2, 0.25) is 0 Å². The number of carbonyl (C=O) groups is 2. The Morgan fingerprint density at radius 1 is 1.18 bits per heavy atom. The number of anilines is 1. The number of thioether (sulfide) groups is 1. The Hall–Kier alpha value is -4.16. The third-order valence-electron chi connectivity index (χ3n) is 6.13. The maximum Gasteiger partial charge on any atom is 0.296 e. The second-order valence-corrected chi connectivity index (χ2v) is 10.8. The highest BCUT2D eigenvalue weighted by atomic mass is 32.2. The van der Waals surface area contributed by atoms with Crippen molar-refractivity contribution in [1.82, 2.24) is 10.2 Å². The Kier molecular flexibility index (Phi) is 7.90. The van der Waals surface area contributed by atoms with Gasteiger partial charge in [0.05, 0.1) is 25.3 Å². The zero-order valence-corrected chi connectivity index (χ0v) is 23.3. The van der Waals surface area contributed by atoms with Crippen LogP contribution in [-0.4, -0.2) is 40.7 Å². The molecule has 3 heterocycles. The van der Waals surface area contributed by atoms with E-state index in [1.54, 1.807) is 49.4 Å². The number of methoxy groups -OCH3 is 1. The molecular formula is C28H24FN3O6S2. The van der Waals surface area contributed by atoms with E-state index in [0.717, 1.165) is 11.3 Å². The summed E-state index contributed by atoms with van der Waals surface area (Å²) in [5.74, 6) is -0.840. The van der Waals surface area contributed by atoms with Crippen LogP contribution in [0.4, 0.5) is 9.52 Å². The standard InChI is InChI=1S/C28H24FN3O6S2/c1-4-37-19-12-10-16(13-21(19)36-3)23-22(24(33)20-11-9-15(2)38-20)25(34)26(35)32(23)27-30-31-28(40-27)39-14-17-7-5-6-8-18(17)29/h5-13,23,34H,4,14H2,1-3H3. The van der Waals surface area contributed by atoms with Crippen molar-refractivity contribution in [2.24, 2.45) is 0 Å². The molecule has 2 aromatic heterocycles. The molecule has 40 heavy (non-hydrogen) atoms. The minimum atomic E-state index is -1.06. The summed E-state index contributed by atoms with van der Waals surface area (Å²) in [5.41, 5.74) is 0.809. The summed E-state index contributed by atoms with van der Waals surface area (Å²) in [5, 5.41) is 19.5. The Morgan fingerprint density at radius 3 is 2.67 bits per heavy atom. The van der Waals surface area contributed by atoms with Crippen molar-refractivity contribution in [1.29, 1.82) is 0 Å². The number of aromatic nitrogens is 2. The van der Waals surface area contributed by atoms with Crippen LogP contribution in [0.3, 0.4) is 0 Å². The largest absolute Gasteiger partial charge is 0.503 e. The number of aliphatic hydroxyl groups is 1. The van der Waals surface area contributed by atoms with Crippen molar-refractivity contribution in [3.05, 3.63) is 94.4 Å². The summed E-state index contributed by atoms with van der Waals surface area (Å²) < 4.78 is 31.2. The molecule has 0 saturated heterocycles. The molecule has 4 aromatic rings. The molecule has 0 radical (unpaired) electrons. The smallest absolute Gasteiger partial charge is 0.296 e. The SMILES string of the molecule is CCOc1ccc(C2C(C(=O)c3ccc(C)o3)=C(O)C(=O)N2c2nnc(SCc3ccccc3F)s2)cc1OC. The Balaban J connectivity index is 1.54. The van der Waals surface area contributed by atoms with Gasteiger partial charge >= 0.3 is 0 Å². The fourth-order valence-electron chi connectivity index (χ4n) is 4.28. The summed E-state index contributed by atoms with van der Waals surface area (Å²) >= 11 is 2.35. The van der Waals surface area contributed by atoms with E-state index in [1.165, 1.54) is 35.9 Å². The minimum Gasteiger partial charge on any atom is -0.503 e. The van der Waals surface area contributed by atoms with Crippen molar-refractivity contribution >= 4 is 39.9 Å². The average Bonchev–Trinajstić information content (AvgIpc) is 3.66. The molecule has 5 rings (SSSR count). The van der Waals surface area contributed by atoms with E-state index in [2.05, 4.69) is 10.2 Å². The molecule has 0 aliphatic carbocycles. The van der Waals surface area contributed by atoms with Gasteiger partial charge in [-0.05, 0) is 55.3 Å². The summed E-state index contributed by atoms with van der Waals surface area (Å²) in [7, 11) is 1.48. The molecular weight excluding hydrogens is 557 g/mol. The van der Waals surface area contributed by atoms with Crippen LogP contribution in [0.1, 0.15) is 40.4 Å². The van der Waals surface area contributed by atoms with Crippen LogP contribution in [0.5, 0.6) is 11.5 Å². The van der Waals surface area contributed by atoms with Gasteiger partial charge in [0.1, 0.15) is 11.6 Å². The molecule has 2 aromatic carbocycles. The third kappa shape index (κ3) is 5.19. The number of amides is 1. The molecule has 1 unspecified atom stereocenters. The highest BCUT2D eigenvalue weighted by Crippen LogP contribution is 2.45. The normalized spacial score (nSPS) is 15.2. The Bertz CT molecular complexity index is 1610. The second-order valence-electron chi connectivity index (χ2n) is 8.65. The molecule has 12 heteroatoms. The maximum atomic E-state index is 14.1. The van der Waals surface area contributed by atoms with Gasteiger partial charge in [-0.3, -0.25) is 14.5 Å². The first kappa shape index (κ1) is 27.4. The lowest BCUT2D eigenvalue weighted by Crippen LogP contribution is -2.31. The van der Waals surface area contributed by atoms with Gasteiger partial charge in [0.15, 0.2) is 27.4 Å². The van der Waals surface area contributed by atoms with Gasteiger partial charge in [0.2, 0.25) is 10.9 Å². The second kappa shape index (κ2) is 11.5. The predicted molar refractivity (Wildman–Crippen MR) is 148 cm³/mol. The first-order valence-corrected chi connectivity index (χ1v) is 14.0. The lowest BCUT2D eigenvalue weighted by atomic mass is 9.95. The zero-order valence-electron chi connectivity index (χ0n) is 21.7. The number of halogens is 1. The van der Waals surface area contributed by atoms with E-state index >= 15 is 0 Å². The molecule has 1 atom stereocenters. The number of benzene rings is 2. The van der Waals surface area contributed by atoms with Crippen molar-refractivity contribution in [3.8, 4) is 11.5 Å². The van der Waals surface area contributed by atoms with Gasteiger partial charge in [-0.2, -0.15) is 0 Å². The molecule has 1 aliphatic rings. The summed E-state index contributed by atoms with van der Waals surface area (Å²) in [4.78, 5) is 28.3. The fourth-order valence-corrected chi connectivity index (χ4v) is 6.14. The number of aliphatic hydroxyl groups excluding tert-OH is 1. The maximum absolute atomic E-state index is 14.1. The van der Waals surface area contributed by atoms with E-state index in [0.29, 0.717) is 45.1 Å². The first-order chi connectivity index (χ1) is 19.3. The van der Waals surface area contributed by atoms with E-state index < -0.39 is 23.5 Å². The number of furan rings is 1. The van der Waals surface area contributed by atoms with E-state index in [4.69, 9.17) is 13.9 Å². The number of carbonyl (C=O) groups excluding carboxylic acids is 2. The molecule has 206 valence electrons. The zero-order chi connectivity index (χ0) is 28.4. The number of Topliss-reactive ketones (excluding diaryl/α,β-unsaturated/α-hetero) is 1. The highest BCUT2D eigenvalue weighted by molar-refractivity contribution is 8.00. The number of ether oxygens (including phenoxy) is 2. The molecule has 0 fully saturated rings. The monoisotopic (exact) mass is 581 g/mol. The number of hydrogen-bond acceptors (Lipinski definition) is 10. The minimum absolute atomic E-state index is 0.0185. The molecule has 1 amide bonds. The summed E-state index contributed by atoms with van der Waals surface area (Å²) in [6.07, 6.45) is 0. The summed E-state index contributed by atoms with van der Waals surface area (Å²) in [6, 6.07) is 13.5. The molecule has 0 spiro atoms. The Labute approximate surface area is 237 Å². The quantitative estimate of drug-likeness (QED) is 0.136. The van der Waals surface area contributed by atoms with Crippen LogP contribution < -0.4 is 14.4 Å². The van der Waals surface area contributed by atoms with Crippen molar-refractivity contribution in [2.45, 2.75) is 30.0 Å². The predicted octanol–water partition coefficient (Wildman–Crippen LogP) is 6.06. The van der Waals surface area contributed by atoms with Crippen LogP contribution in [0.15, 0.2) is 74.7 Å². The van der Waals surface area contributed by atoms with Gasteiger partial charge in [-0.1, -0.05) is 47.4 Å². The van der Waals surface area contributed by atoms with Gasteiger partial charge < -0.3 is 19.0 Å². The first-order valence-electron chi connectivity index (χ1n) is 12.2. The van der Waals surface area contributed by atoms with Crippen molar-refractivity contribution < 1.29 is 33.0 Å². The van der Waals surface area contributed by atoms with Crippen LogP contribution in [0.25, 0.3) is 0 Å². The fraction of sp³-hybridized carbons (Fsp3) is 0.214. The lowest BCUT2D eigenvalue weighted by molar-refractivity contribution is -0.117. The molecule has 9 nitrogen and oxygen atoms in total. The molecule has 0 saturated carbocycles. The van der Waals surface area contributed by atoms with E-state index in [-0.39, 0.29) is 22.3 Å². The van der Waals surface area contributed by atoms with Gasteiger partial charge in [-0.25, -0.2) is 4.39 Å². The van der Waals surface area contributed by atoms with E-state index in [9.17, 15) is 19.1 Å². The van der Waals surface area contributed by atoms with Crippen LogP contribution >= 0.6 is 23.1 Å². The van der Waals surface area contributed by atoms with Crippen LogP contribution in [-0.2, 0) is 10.5 Å². The van der Waals surface area contributed by atoms with Gasteiger partial charge in [0.25, 0.3) is 5.91 Å². The third-order valence-corrected chi connectivity index (χ3v) is 8.24. The van der Waals surface area contributed by atoms with Gasteiger partial charge in [-0.15, -0.1) is 10.2 Å². The number of ketones is 1. The number of hydrogen-bond donors (Lipinski definition) is 1. The summed E-state index contributed by atoms with van der Waals surface area (Å²) in [6.45, 7) is 3.93. The molecule has 1 N–H and O–H groups in total. The number of rotatable bonds is 10. The highest BCUT2D eigenvalue weighted by Gasteiger charge is 2.47. The topological polar surface area (TPSA) is 115 Å². The van der Waals surface area contributed by atoms with Crippen LogP contribution in [0, 0.1) is 12.7 Å². The number of aryl methyl sites for hydroxylation is 1. The molecule has 0 bridgehead atoms.